The third-order valence-corrected chi connectivity index (χ3v) is 5.24. The molecular weight excluding hydrogens is 435 g/mol. The molecule has 1 amide bonds. The van der Waals surface area contributed by atoms with Crippen LogP contribution >= 0.6 is 24.8 Å². The number of amides is 1. The fraction of sp³-hybridized carbons (Fsp3) is 0.409. The highest BCUT2D eigenvalue weighted by atomic mass is 35.5. The van der Waals surface area contributed by atoms with Crippen LogP contribution in [-0.4, -0.2) is 59.1 Å². The van der Waals surface area contributed by atoms with Crippen molar-refractivity contribution in [3.63, 3.8) is 0 Å². The van der Waals surface area contributed by atoms with Gasteiger partial charge in [-0.15, -0.1) is 29.9 Å². The molecule has 0 radical (unpaired) electrons. The third-order valence-electron chi connectivity index (χ3n) is 5.24. The number of fused-ring (bicyclic) bond motifs is 1. The molecule has 1 fully saturated rings. The molecule has 1 aliphatic rings. The first-order valence-electron chi connectivity index (χ1n) is 10.1. The predicted octanol–water partition coefficient (Wildman–Crippen LogP) is 3.66. The topological polar surface area (TPSA) is 74.6 Å². The average Bonchev–Trinajstić information content (AvgIpc) is 3.43. The van der Waals surface area contributed by atoms with Crippen molar-refractivity contribution in [2.75, 3.05) is 39.0 Å². The van der Waals surface area contributed by atoms with Crippen molar-refractivity contribution >= 4 is 42.2 Å². The van der Waals surface area contributed by atoms with Crippen molar-refractivity contribution in [2.45, 2.75) is 19.8 Å². The van der Waals surface area contributed by atoms with Crippen LogP contribution in [0.5, 0.6) is 0 Å². The van der Waals surface area contributed by atoms with Gasteiger partial charge in [-0.3, -0.25) is 4.79 Å². The Balaban J connectivity index is 0.00000171. The van der Waals surface area contributed by atoms with Crippen LogP contribution in [0.4, 0.5) is 5.82 Å². The van der Waals surface area contributed by atoms with Gasteiger partial charge in [0, 0.05) is 30.8 Å². The average molecular weight is 465 g/mol. The molecule has 168 valence electrons. The molecule has 31 heavy (non-hydrogen) atoms. The number of carbonyl (C=O) groups excluding carboxylic acids is 1. The molecule has 2 aromatic heterocycles. The minimum atomic E-state index is -0.0428. The Hall–Kier alpha value is -2.35. The Morgan fingerprint density at radius 3 is 2.65 bits per heavy atom. The monoisotopic (exact) mass is 464 g/mol. The predicted molar refractivity (Wildman–Crippen MR) is 130 cm³/mol. The van der Waals surface area contributed by atoms with Gasteiger partial charge in [0.05, 0.1) is 11.9 Å². The van der Waals surface area contributed by atoms with Crippen molar-refractivity contribution in [1.82, 2.24) is 24.8 Å². The number of likely N-dealkylation sites (N-methyl/N-ethyl adjacent to an activating group) is 1. The number of nitrogens with zero attached hydrogens (tertiary/aromatic N) is 4. The van der Waals surface area contributed by atoms with E-state index in [1.165, 1.54) is 12.8 Å². The SMILES string of the molecule is Cc1cc(-c2cnc3ccc(NCC4CC4)nn23)ccc1C(=O)NCCN(C)C.Cl.Cl. The number of aromatic nitrogens is 3. The maximum absolute atomic E-state index is 12.5. The zero-order chi connectivity index (χ0) is 20.4. The molecule has 1 aliphatic carbocycles. The van der Waals surface area contributed by atoms with Crippen molar-refractivity contribution < 1.29 is 4.79 Å². The smallest absolute Gasteiger partial charge is 0.251 e. The van der Waals surface area contributed by atoms with Crippen LogP contribution in [0.15, 0.2) is 36.5 Å². The number of carbonyl (C=O) groups is 1. The molecular formula is C22H30Cl2N6O. The maximum atomic E-state index is 12.5. The highest BCUT2D eigenvalue weighted by molar-refractivity contribution is 5.96. The first-order chi connectivity index (χ1) is 14.0. The second-order valence-corrected chi connectivity index (χ2v) is 8.05. The number of aryl methyl sites for hydroxylation is 1. The summed E-state index contributed by atoms with van der Waals surface area (Å²) in [5.74, 6) is 1.60. The lowest BCUT2D eigenvalue weighted by atomic mass is 10.0. The molecule has 0 aliphatic heterocycles. The summed E-state index contributed by atoms with van der Waals surface area (Å²) >= 11 is 0. The van der Waals surface area contributed by atoms with E-state index in [4.69, 9.17) is 5.10 Å². The zero-order valence-electron chi connectivity index (χ0n) is 18.1. The standard InChI is InChI=1S/C22H28N6O.2ClH/c1-15-12-17(6-7-18(15)22(29)23-10-11-27(2)3)19-14-25-21-9-8-20(26-28(19)21)24-13-16-4-5-16;;/h6-9,12,14,16H,4-5,10-11,13H2,1-3H3,(H,23,29)(H,24,26);2*1H. The van der Waals surface area contributed by atoms with Gasteiger partial charge in [0.15, 0.2) is 5.65 Å². The van der Waals surface area contributed by atoms with Crippen LogP contribution in [-0.2, 0) is 0 Å². The second kappa shape index (κ2) is 10.8. The van der Waals surface area contributed by atoms with Gasteiger partial charge in [-0.2, -0.15) is 0 Å². The Labute approximate surface area is 195 Å². The van der Waals surface area contributed by atoms with Crippen LogP contribution in [0.25, 0.3) is 16.9 Å². The van der Waals surface area contributed by atoms with Crippen LogP contribution in [0, 0.1) is 12.8 Å². The molecule has 0 bridgehead atoms. The van der Waals surface area contributed by atoms with Crippen molar-refractivity contribution in [3.8, 4) is 11.3 Å². The number of hydrogen-bond acceptors (Lipinski definition) is 5. The lowest BCUT2D eigenvalue weighted by Gasteiger charge is -2.12. The summed E-state index contributed by atoms with van der Waals surface area (Å²) in [4.78, 5) is 19.0. The van der Waals surface area contributed by atoms with E-state index in [9.17, 15) is 4.79 Å². The van der Waals surface area contributed by atoms with Gasteiger partial charge in [0.1, 0.15) is 5.82 Å². The maximum Gasteiger partial charge on any atom is 0.251 e. The molecule has 0 saturated heterocycles. The van der Waals surface area contributed by atoms with Crippen LogP contribution in [0.3, 0.4) is 0 Å². The van der Waals surface area contributed by atoms with Gasteiger partial charge in [-0.05, 0) is 69.6 Å². The molecule has 3 aromatic rings. The fourth-order valence-electron chi connectivity index (χ4n) is 3.30. The van der Waals surface area contributed by atoms with Crippen LogP contribution in [0.2, 0.25) is 0 Å². The molecule has 0 spiro atoms. The molecule has 4 rings (SSSR count). The highest BCUT2D eigenvalue weighted by Crippen LogP contribution is 2.29. The number of rotatable bonds is 8. The molecule has 1 aromatic carbocycles. The number of anilines is 1. The Bertz CT molecular complexity index is 1030. The van der Waals surface area contributed by atoms with Crippen LogP contribution in [0.1, 0.15) is 28.8 Å². The number of benzene rings is 1. The van der Waals surface area contributed by atoms with E-state index in [1.54, 1.807) is 0 Å². The molecule has 9 heteroatoms. The summed E-state index contributed by atoms with van der Waals surface area (Å²) in [6, 6.07) is 9.82. The number of imidazole rings is 1. The summed E-state index contributed by atoms with van der Waals surface area (Å²) in [6.07, 6.45) is 4.44. The summed E-state index contributed by atoms with van der Waals surface area (Å²) in [5.41, 5.74) is 4.34. The Morgan fingerprint density at radius 1 is 1.19 bits per heavy atom. The quantitative estimate of drug-likeness (QED) is 0.531. The van der Waals surface area contributed by atoms with Gasteiger partial charge >= 0.3 is 0 Å². The summed E-state index contributed by atoms with van der Waals surface area (Å²) in [7, 11) is 3.98. The molecule has 0 atom stereocenters. The molecule has 2 heterocycles. The minimum Gasteiger partial charge on any atom is -0.368 e. The van der Waals surface area contributed by atoms with E-state index < -0.39 is 0 Å². The van der Waals surface area contributed by atoms with Gasteiger partial charge in [0.2, 0.25) is 0 Å². The second-order valence-electron chi connectivity index (χ2n) is 8.05. The van der Waals surface area contributed by atoms with Gasteiger partial charge in [-0.1, -0.05) is 6.07 Å². The zero-order valence-corrected chi connectivity index (χ0v) is 19.7. The summed E-state index contributed by atoms with van der Waals surface area (Å²) in [6.45, 7) is 4.37. The summed E-state index contributed by atoms with van der Waals surface area (Å²) < 4.78 is 1.86. The molecule has 7 nitrogen and oxygen atoms in total. The number of hydrogen-bond donors (Lipinski definition) is 2. The van der Waals surface area contributed by atoms with Gasteiger partial charge in [-0.25, -0.2) is 9.50 Å². The lowest BCUT2D eigenvalue weighted by Crippen LogP contribution is -2.31. The van der Waals surface area contributed by atoms with E-state index in [2.05, 4.69) is 15.6 Å². The van der Waals surface area contributed by atoms with Crippen molar-refractivity contribution in [3.05, 3.63) is 47.7 Å². The normalized spacial score (nSPS) is 12.9. The molecule has 1 saturated carbocycles. The molecule has 2 N–H and O–H groups in total. The van der Waals surface area contributed by atoms with E-state index in [1.807, 2.05) is 67.0 Å². The van der Waals surface area contributed by atoms with E-state index in [-0.39, 0.29) is 30.7 Å². The van der Waals surface area contributed by atoms with Crippen molar-refractivity contribution in [1.29, 1.82) is 0 Å². The third kappa shape index (κ3) is 6.09. The minimum absolute atomic E-state index is 0. The fourth-order valence-corrected chi connectivity index (χ4v) is 3.30. The van der Waals surface area contributed by atoms with Crippen LogP contribution < -0.4 is 10.6 Å². The molecule has 0 unspecified atom stereocenters. The van der Waals surface area contributed by atoms with Crippen molar-refractivity contribution in [2.24, 2.45) is 5.92 Å². The van der Waals surface area contributed by atoms with E-state index in [0.717, 1.165) is 47.3 Å². The van der Waals surface area contributed by atoms with Gasteiger partial charge < -0.3 is 15.5 Å². The van der Waals surface area contributed by atoms with E-state index in [0.29, 0.717) is 12.1 Å². The first kappa shape index (κ1) is 24.9. The number of nitrogens with one attached hydrogen (secondary N) is 2. The van der Waals surface area contributed by atoms with E-state index >= 15 is 0 Å². The largest absolute Gasteiger partial charge is 0.368 e. The first-order valence-corrected chi connectivity index (χ1v) is 10.1. The van der Waals surface area contributed by atoms with Gasteiger partial charge in [0.25, 0.3) is 5.91 Å². The highest BCUT2D eigenvalue weighted by Gasteiger charge is 2.21. The Morgan fingerprint density at radius 2 is 1.97 bits per heavy atom. The Kier molecular flexibility index (Phi) is 8.68. The number of halogens is 2. The lowest BCUT2D eigenvalue weighted by molar-refractivity contribution is 0.0950. The summed E-state index contributed by atoms with van der Waals surface area (Å²) in [5, 5.41) is 11.1.